The number of allylic oxidation sites excluding steroid dienone is 1. The molecule has 2 amide bonds. The first-order chi connectivity index (χ1) is 10.5. The number of nitrogens with one attached hydrogen (secondary N) is 1. The Morgan fingerprint density at radius 1 is 1.27 bits per heavy atom. The number of benzene rings is 1. The Hall–Kier alpha value is -2.40. The Morgan fingerprint density at radius 3 is 2.50 bits per heavy atom. The first-order valence-electron chi connectivity index (χ1n) is 6.94. The number of hydrogen-bond donors (Lipinski definition) is 1. The standard InChI is InChI=1S/C17H16N2O2S/c1-10(2)19-9-13-8-15(22-16(13)17(19)21)12-4-6-14(7-5-12)18-11(3)20/h4-8H,1,9H2,2-3H3,(H,18,20). The van der Waals surface area contributed by atoms with Crippen molar-refractivity contribution in [2.75, 3.05) is 5.32 Å². The van der Waals surface area contributed by atoms with Gasteiger partial charge in [0.25, 0.3) is 5.91 Å². The van der Waals surface area contributed by atoms with Crippen LogP contribution in [0.1, 0.15) is 29.1 Å². The van der Waals surface area contributed by atoms with Gasteiger partial charge in [0.1, 0.15) is 0 Å². The molecule has 0 unspecified atom stereocenters. The Bertz CT molecular complexity index is 774. The van der Waals surface area contributed by atoms with Crippen molar-refractivity contribution < 1.29 is 9.59 Å². The fourth-order valence-electron chi connectivity index (χ4n) is 2.46. The fraction of sp³-hybridized carbons (Fsp3) is 0.176. The highest BCUT2D eigenvalue weighted by Crippen LogP contribution is 2.37. The summed E-state index contributed by atoms with van der Waals surface area (Å²) in [6, 6.07) is 9.70. The molecule has 0 fully saturated rings. The lowest BCUT2D eigenvalue weighted by Crippen LogP contribution is -2.20. The van der Waals surface area contributed by atoms with Crippen molar-refractivity contribution in [1.29, 1.82) is 0 Å². The molecule has 0 saturated heterocycles. The molecule has 1 aromatic carbocycles. The third kappa shape index (κ3) is 2.55. The highest BCUT2D eigenvalue weighted by molar-refractivity contribution is 7.17. The fourth-order valence-corrected chi connectivity index (χ4v) is 3.59. The molecule has 2 heterocycles. The SMILES string of the molecule is C=C(C)N1Cc2cc(-c3ccc(NC(C)=O)cc3)sc2C1=O. The zero-order valence-electron chi connectivity index (χ0n) is 12.5. The lowest BCUT2D eigenvalue weighted by molar-refractivity contribution is -0.114. The average molecular weight is 312 g/mol. The minimum atomic E-state index is -0.0895. The first kappa shape index (κ1) is 14.5. The molecule has 0 spiro atoms. The largest absolute Gasteiger partial charge is 0.326 e. The number of carbonyl (C=O) groups is 2. The van der Waals surface area contributed by atoms with E-state index < -0.39 is 0 Å². The van der Waals surface area contributed by atoms with Crippen molar-refractivity contribution in [2.24, 2.45) is 0 Å². The van der Waals surface area contributed by atoms with E-state index in [0.717, 1.165) is 32.3 Å². The summed E-state index contributed by atoms with van der Waals surface area (Å²) in [7, 11) is 0. The van der Waals surface area contributed by atoms with Crippen molar-refractivity contribution in [1.82, 2.24) is 4.90 Å². The van der Waals surface area contributed by atoms with E-state index in [1.54, 1.807) is 4.90 Å². The number of nitrogens with zero attached hydrogens (tertiary/aromatic N) is 1. The van der Waals surface area contributed by atoms with Crippen LogP contribution in [0.3, 0.4) is 0 Å². The van der Waals surface area contributed by atoms with Gasteiger partial charge in [0.15, 0.2) is 0 Å². The van der Waals surface area contributed by atoms with Crippen LogP contribution >= 0.6 is 11.3 Å². The number of amides is 2. The summed E-state index contributed by atoms with van der Waals surface area (Å²) < 4.78 is 0. The highest BCUT2D eigenvalue weighted by Gasteiger charge is 2.30. The zero-order valence-corrected chi connectivity index (χ0v) is 13.3. The van der Waals surface area contributed by atoms with Crippen LogP contribution in [-0.2, 0) is 11.3 Å². The van der Waals surface area contributed by atoms with Crippen LogP contribution in [0.25, 0.3) is 10.4 Å². The molecular formula is C17H16N2O2S. The summed E-state index contributed by atoms with van der Waals surface area (Å²) in [5.41, 5.74) is 3.64. The van der Waals surface area contributed by atoms with Crippen molar-refractivity contribution in [3.05, 3.63) is 53.0 Å². The summed E-state index contributed by atoms with van der Waals surface area (Å²) in [5.74, 6) is -0.0538. The molecule has 112 valence electrons. The molecule has 0 radical (unpaired) electrons. The second-order valence-corrected chi connectivity index (χ2v) is 6.40. The molecule has 4 nitrogen and oxygen atoms in total. The molecule has 1 aromatic heterocycles. The lowest BCUT2D eigenvalue weighted by atomic mass is 10.1. The van der Waals surface area contributed by atoms with E-state index in [2.05, 4.69) is 18.0 Å². The third-order valence-electron chi connectivity index (χ3n) is 3.53. The van der Waals surface area contributed by atoms with Crippen LogP contribution in [0.2, 0.25) is 0 Å². The van der Waals surface area contributed by atoms with E-state index in [1.807, 2.05) is 31.2 Å². The summed E-state index contributed by atoms with van der Waals surface area (Å²) in [6.45, 7) is 7.77. The van der Waals surface area contributed by atoms with E-state index in [0.29, 0.717) is 6.54 Å². The Morgan fingerprint density at radius 2 is 1.95 bits per heavy atom. The van der Waals surface area contributed by atoms with Crippen LogP contribution in [0.4, 0.5) is 5.69 Å². The summed E-state index contributed by atoms with van der Waals surface area (Å²) in [4.78, 5) is 26.9. The molecule has 0 aliphatic carbocycles. The van der Waals surface area contributed by atoms with Gasteiger partial charge in [-0.25, -0.2) is 0 Å². The second kappa shape index (κ2) is 5.42. The molecule has 5 heteroatoms. The molecule has 0 atom stereocenters. The van der Waals surface area contributed by atoms with Gasteiger partial charge in [-0.05, 0) is 36.2 Å². The minimum Gasteiger partial charge on any atom is -0.326 e. The second-order valence-electron chi connectivity index (χ2n) is 5.35. The van der Waals surface area contributed by atoms with Gasteiger partial charge >= 0.3 is 0 Å². The van der Waals surface area contributed by atoms with Crippen molar-refractivity contribution in [2.45, 2.75) is 20.4 Å². The number of fused-ring (bicyclic) bond motifs is 1. The van der Waals surface area contributed by atoms with E-state index in [9.17, 15) is 9.59 Å². The van der Waals surface area contributed by atoms with Gasteiger partial charge < -0.3 is 10.2 Å². The normalized spacial score (nSPS) is 13.2. The number of anilines is 1. The monoisotopic (exact) mass is 312 g/mol. The topological polar surface area (TPSA) is 49.4 Å². The minimum absolute atomic E-state index is 0.0358. The van der Waals surface area contributed by atoms with E-state index in [1.165, 1.54) is 18.3 Å². The maximum atomic E-state index is 12.3. The smallest absolute Gasteiger partial charge is 0.268 e. The maximum absolute atomic E-state index is 12.3. The molecule has 1 N–H and O–H groups in total. The van der Waals surface area contributed by atoms with E-state index in [4.69, 9.17) is 0 Å². The number of hydrogen-bond acceptors (Lipinski definition) is 3. The number of thiophene rings is 1. The quantitative estimate of drug-likeness (QED) is 0.935. The molecule has 0 saturated carbocycles. The molecule has 1 aliphatic rings. The van der Waals surface area contributed by atoms with Gasteiger partial charge in [-0.1, -0.05) is 18.7 Å². The molecule has 2 aromatic rings. The Labute approximate surface area is 133 Å². The summed E-state index contributed by atoms with van der Waals surface area (Å²) >= 11 is 1.50. The number of carbonyl (C=O) groups excluding carboxylic acids is 2. The summed E-state index contributed by atoms with van der Waals surface area (Å²) in [6.07, 6.45) is 0. The van der Waals surface area contributed by atoms with E-state index >= 15 is 0 Å². The van der Waals surface area contributed by atoms with Gasteiger partial charge in [0.05, 0.1) is 11.4 Å². The molecule has 22 heavy (non-hydrogen) atoms. The number of rotatable bonds is 3. The van der Waals surface area contributed by atoms with Crippen molar-refractivity contribution in [3.8, 4) is 10.4 Å². The van der Waals surface area contributed by atoms with Crippen molar-refractivity contribution >= 4 is 28.8 Å². The first-order valence-corrected chi connectivity index (χ1v) is 7.75. The Kier molecular flexibility index (Phi) is 3.58. The van der Waals surface area contributed by atoms with Crippen LogP contribution in [0, 0.1) is 0 Å². The predicted molar refractivity (Wildman–Crippen MR) is 88.7 cm³/mol. The third-order valence-corrected chi connectivity index (χ3v) is 4.74. The Balaban J connectivity index is 1.85. The van der Waals surface area contributed by atoms with Gasteiger partial charge in [0.2, 0.25) is 5.91 Å². The van der Waals surface area contributed by atoms with Crippen LogP contribution in [0.15, 0.2) is 42.6 Å². The average Bonchev–Trinajstić information content (AvgIpc) is 2.99. The maximum Gasteiger partial charge on any atom is 0.268 e. The van der Waals surface area contributed by atoms with Crippen LogP contribution < -0.4 is 5.32 Å². The molecule has 3 rings (SSSR count). The predicted octanol–water partition coefficient (Wildman–Crippen LogP) is 3.86. The molecular weight excluding hydrogens is 296 g/mol. The summed E-state index contributed by atoms with van der Waals surface area (Å²) in [5, 5.41) is 2.74. The zero-order chi connectivity index (χ0) is 15.9. The van der Waals surface area contributed by atoms with Crippen LogP contribution in [-0.4, -0.2) is 16.7 Å². The lowest BCUT2D eigenvalue weighted by Gasteiger charge is -2.14. The van der Waals surface area contributed by atoms with Gasteiger partial charge in [0, 0.05) is 23.2 Å². The molecule has 1 aliphatic heterocycles. The van der Waals surface area contributed by atoms with Gasteiger partial charge in [-0.15, -0.1) is 11.3 Å². The van der Waals surface area contributed by atoms with Gasteiger partial charge in [-0.2, -0.15) is 0 Å². The van der Waals surface area contributed by atoms with Crippen LogP contribution in [0.5, 0.6) is 0 Å². The van der Waals surface area contributed by atoms with Gasteiger partial charge in [-0.3, -0.25) is 9.59 Å². The van der Waals surface area contributed by atoms with Crippen molar-refractivity contribution in [3.63, 3.8) is 0 Å². The highest BCUT2D eigenvalue weighted by atomic mass is 32.1. The molecule has 0 bridgehead atoms. The van der Waals surface area contributed by atoms with E-state index in [-0.39, 0.29) is 11.8 Å².